The Hall–Kier alpha value is -2.62. The van der Waals surface area contributed by atoms with E-state index in [-0.39, 0.29) is 37.5 Å². The number of halogens is 2. The first-order chi connectivity index (χ1) is 14.0. The fraction of sp³-hybridized carbons (Fsp3) is 0.579. The average molecular weight is 403 g/mol. The standard InChI is InChI=1S/C19H23F2N7O/c20-19(21)2-1-4-27(5-3-19)18-25-15(12-8-23-17(22)24-9-12)7-16(26-18)28-10-14-6-13(28)11-29-14/h7-9,13-14H,1-6,10-11H2,(H2,22,23,24). The van der Waals surface area contributed by atoms with Crippen molar-refractivity contribution in [2.75, 3.05) is 41.8 Å². The molecule has 0 aromatic carbocycles. The summed E-state index contributed by atoms with van der Waals surface area (Å²) in [6, 6.07) is 2.19. The van der Waals surface area contributed by atoms with Gasteiger partial charge in [0.1, 0.15) is 5.82 Å². The van der Waals surface area contributed by atoms with Crippen LogP contribution in [-0.2, 0) is 4.74 Å². The Morgan fingerprint density at radius 3 is 2.69 bits per heavy atom. The SMILES string of the molecule is Nc1ncc(-c2cc(N3CC4CC3CO4)nc(N3CCCC(F)(F)CC3)n2)cn1. The first-order valence-electron chi connectivity index (χ1n) is 9.95. The van der Waals surface area contributed by atoms with Crippen molar-refractivity contribution in [2.24, 2.45) is 0 Å². The molecule has 2 N–H and O–H groups in total. The molecule has 154 valence electrons. The lowest BCUT2D eigenvalue weighted by Gasteiger charge is -2.29. The maximum atomic E-state index is 13.8. The van der Waals surface area contributed by atoms with Gasteiger partial charge in [-0.1, -0.05) is 0 Å². The van der Waals surface area contributed by atoms with Gasteiger partial charge in [-0.05, 0) is 12.8 Å². The zero-order chi connectivity index (χ0) is 20.0. The van der Waals surface area contributed by atoms with Crippen LogP contribution in [0.3, 0.4) is 0 Å². The molecular formula is C19H23F2N7O. The fourth-order valence-electron chi connectivity index (χ4n) is 4.27. The van der Waals surface area contributed by atoms with Crippen LogP contribution in [0.15, 0.2) is 18.5 Å². The summed E-state index contributed by atoms with van der Waals surface area (Å²) in [6.07, 6.45) is 4.55. The highest BCUT2D eigenvalue weighted by atomic mass is 19.3. The zero-order valence-electron chi connectivity index (χ0n) is 16.0. The summed E-state index contributed by atoms with van der Waals surface area (Å²) in [5.41, 5.74) is 6.98. The van der Waals surface area contributed by atoms with Crippen molar-refractivity contribution >= 4 is 17.7 Å². The number of aromatic nitrogens is 4. The number of hydrogen-bond donors (Lipinski definition) is 1. The van der Waals surface area contributed by atoms with Gasteiger partial charge in [-0.2, -0.15) is 4.98 Å². The van der Waals surface area contributed by atoms with Gasteiger partial charge in [-0.25, -0.2) is 23.7 Å². The van der Waals surface area contributed by atoms with Gasteiger partial charge in [0.2, 0.25) is 17.8 Å². The van der Waals surface area contributed by atoms with E-state index in [1.54, 1.807) is 12.4 Å². The zero-order valence-corrected chi connectivity index (χ0v) is 16.0. The molecule has 0 radical (unpaired) electrons. The number of nitrogens with zero attached hydrogens (tertiary/aromatic N) is 6. The molecule has 3 aliphatic heterocycles. The molecule has 8 nitrogen and oxygen atoms in total. The smallest absolute Gasteiger partial charge is 0.249 e. The summed E-state index contributed by atoms with van der Waals surface area (Å²) in [6.45, 7) is 2.19. The molecule has 3 aliphatic rings. The number of nitrogens with two attached hydrogens (primary N) is 1. The first-order valence-corrected chi connectivity index (χ1v) is 9.95. The molecular weight excluding hydrogens is 380 g/mol. The van der Waals surface area contributed by atoms with Crippen LogP contribution in [0.2, 0.25) is 0 Å². The van der Waals surface area contributed by atoms with Gasteiger partial charge in [0.15, 0.2) is 0 Å². The lowest BCUT2D eigenvalue weighted by atomic mass is 10.1. The van der Waals surface area contributed by atoms with Crippen molar-refractivity contribution in [1.29, 1.82) is 0 Å². The van der Waals surface area contributed by atoms with Gasteiger partial charge in [0, 0.05) is 56.5 Å². The summed E-state index contributed by atoms with van der Waals surface area (Å²) in [7, 11) is 0. The Morgan fingerprint density at radius 2 is 1.97 bits per heavy atom. The monoisotopic (exact) mass is 403 g/mol. The summed E-state index contributed by atoms with van der Waals surface area (Å²) < 4.78 is 33.4. The summed E-state index contributed by atoms with van der Waals surface area (Å²) >= 11 is 0. The topological polar surface area (TPSA) is 93.3 Å². The van der Waals surface area contributed by atoms with Crippen molar-refractivity contribution < 1.29 is 13.5 Å². The van der Waals surface area contributed by atoms with Gasteiger partial charge in [0.25, 0.3) is 0 Å². The minimum absolute atomic E-state index is 0.102. The molecule has 2 aromatic rings. The van der Waals surface area contributed by atoms with Crippen LogP contribution in [0.4, 0.5) is 26.5 Å². The number of anilines is 3. The summed E-state index contributed by atoms with van der Waals surface area (Å²) in [5, 5.41) is 0. The maximum Gasteiger partial charge on any atom is 0.249 e. The van der Waals surface area contributed by atoms with E-state index in [9.17, 15) is 8.78 Å². The van der Waals surface area contributed by atoms with Crippen LogP contribution in [0.25, 0.3) is 11.3 Å². The molecule has 29 heavy (non-hydrogen) atoms. The van der Waals surface area contributed by atoms with Crippen LogP contribution in [-0.4, -0.2) is 64.2 Å². The molecule has 2 atom stereocenters. The normalized spacial score (nSPS) is 26.0. The van der Waals surface area contributed by atoms with Crippen molar-refractivity contribution in [1.82, 2.24) is 19.9 Å². The minimum Gasteiger partial charge on any atom is -0.374 e. The molecule has 2 bridgehead atoms. The Bertz CT molecular complexity index is 895. The average Bonchev–Trinajstić information content (AvgIpc) is 3.29. The van der Waals surface area contributed by atoms with E-state index in [0.717, 1.165) is 18.8 Å². The van der Waals surface area contributed by atoms with Crippen molar-refractivity contribution in [3.8, 4) is 11.3 Å². The third-order valence-corrected chi connectivity index (χ3v) is 5.86. The van der Waals surface area contributed by atoms with E-state index < -0.39 is 5.92 Å². The highest BCUT2D eigenvalue weighted by molar-refractivity contribution is 5.64. The van der Waals surface area contributed by atoms with Crippen LogP contribution < -0.4 is 15.5 Å². The van der Waals surface area contributed by atoms with Crippen LogP contribution in [0.5, 0.6) is 0 Å². The number of alkyl halides is 2. The van der Waals surface area contributed by atoms with Crippen molar-refractivity contribution in [2.45, 2.75) is 43.8 Å². The van der Waals surface area contributed by atoms with E-state index in [2.05, 4.69) is 19.9 Å². The second kappa shape index (κ2) is 7.01. The Morgan fingerprint density at radius 1 is 1.14 bits per heavy atom. The minimum atomic E-state index is -2.63. The molecule has 0 saturated carbocycles. The Labute approximate surface area is 167 Å². The van der Waals surface area contributed by atoms with E-state index in [4.69, 9.17) is 15.5 Å². The summed E-state index contributed by atoms with van der Waals surface area (Å²) in [4.78, 5) is 21.6. The molecule has 0 spiro atoms. The van der Waals surface area contributed by atoms with Crippen LogP contribution >= 0.6 is 0 Å². The second-order valence-electron chi connectivity index (χ2n) is 7.94. The quantitative estimate of drug-likeness (QED) is 0.833. The molecule has 2 unspecified atom stereocenters. The lowest BCUT2D eigenvalue weighted by Crippen LogP contribution is -2.38. The maximum absolute atomic E-state index is 13.8. The number of fused-ring (bicyclic) bond motifs is 2. The van der Waals surface area contributed by atoms with Crippen LogP contribution in [0, 0.1) is 0 Å². The molecule has 0 amide bonds. The van der Waals surface area contributed by atoms with Gasteiger partial charge in [-0.3, -0.25) is 0 Å². The largest absolute Gasteiger partial charge is 0.374 e. The molecule has 2 aromatic heterocycles. The number of morpholine rings is 1. The van der Waals surface area contributed by atoms with E-state index >= 15 is 0 Å². The predicted octanol–water partition coefficient (Wildman–Crippen LogP) is 2.12. The van der Waals surface area contributed by atoms with Crippen molar-refractivity contribution in [3.63, 3.8) is 0 Å². The number of ether oxygens (including phenoxy) is 1. The Kier molecular flexibility index (Phi) is 4.45. The van der Waals surface area contributed by atoms with Crippen molar-refractivity contribution in [3.05, 3.63) is 18.5 Å². The highest BCUT2D eigenvalue weighted by Gasteiger charge is 2.40. The fourth-order valence-corrected chi connectivity index (χ4v) is 4.27. The van der Waals surface area contributed by atoms with Gasteiger partial charge >= 0.3 is 0 Å². The molecule has 3 fully saturated rings. The molecule has 10 heteroatoms. The second-order valence-corrected chi connectivity index (χ2v) is 7.94. The van der Waals surface area contributed by atoms with Gasteiger partial charge in [-0.15, -0.1) is 0 Å². The highest BCUT2D eigenvalue weighted by Crippen LogP contribution is 2.35. The first kappa shape index (κ1) is 18.4. The van der Waals surface area contributed by atoms with E-state index in [0.29, 0.717) is 36.8 Å². The van der Waals surface area contributed by atoms with Crippen LogP contribution in [0.1, 0.15) is 25.7 Å². The predicted molar refractivity (Wildman–Crippen MR) is 104 cm³/mol. The van der Waals surface area contributed by atoms with Gasteiger partial charge in [0.05, 0.1) is 24.4 Å². The number of hydrogen-bond acceptors (Lipinski definition) is 8. The molecule has 5 rings (SSSR count). The molecule has 5 heterocycles. The molecule has 0 aliphatic carbocycles. The lowest BCUT2D eigenvalue weighted by molar-refractivity contribution is -0.0102. The summed E-state index contributed by atoms with van der Waals surface area (Å²) in [5.74, 6) is -1.19. The number of nitrogen functional groups attached to an aromatic ring is 1. The van der Waals surface area contributed by atoms with Gasteiger partial charge < -0.3 is 20.3 Å². The van der Waals surface area contributed by atoms with E-state index in [1.165, 1.54) is 0 Å². The number of rotatable bonds is 3. The van der Waals surface area contributed by atoms with E-state index in [1.807, 2.05) is 11.0 Å². The third kappa shape index (κ3) is 3.68. The molecule has 3 saturated heterocycles. The third-order valence-electron chi connectivity index (χ3n) is 5.86. The Balaban J connectivity index is 1.52.